The number of hydrogen-bond acceptors (Lipinski definition) is 6. The van der Waals surface area contributed by atoms with Crippen molar-refractivity contribution in [3.8, 4) is 5.75 Å². The molecule has 0 heterocycles. The summed E-state index contributed by atoms with van der Waals surface area (Å²) in [6.07, 6.45) is 0.259. The smallest absolute Gasteiger partial charge is 0.333 e. The Hall–Kier alpha value is -1.87. The van der Waals surface area contributed by atoms with Crippen molar-refractivity contribution in [2.45, 2.75) is 13.3 Å². The second kappa shape index (κ2) is 7.06. The first-order valence-electron chi connectivity index (χ1n) is 5.99. The molecule has 9 heteroatoms. The first kappa shape index (κ1) is 16.2. The lowest BCUT2D eigenvalue weighted by molar-refractivity contribution is -0.384. The van der Waals surface area contributed by atoms with Crippen molar-refractivity contribution in [1.29, 1.82) is 0 Å². The van der Waals surface area contributed by atoms with Crippen LogP contribution in [0.1, 0.15) is 13.3 Å². The number of anilines is 1. The Morgan fingerprint density at radius 3 is 2.70 bits per heavy atom. The molecule has 0 atom stereocenters. The van der Waals surface area contributed by atoms with Gasteiger partial charge in [0.1, 0.15) is 5.69 Å². The standard InChI is InChI=1S/C11H17N3O5S/c1-2-19-10-6-3-5-9(11(10)14(15)16)13-7-4-8-20(12,17)18/h3,5-6,13H,2,4,7-8H2,1H3,(H2,12,17,18). The van der Waals surface area contributed by atoms with Crippen molar-refractivity contribution < 1.29 is 18.1 Å². The molecule has 0 bridgehead atoms. The summed E-state index contributed by atoms with van der Waals surface area (Å²) >= 11 is 0. The zero-order chi connectivity index (χ0) is 15.2. The zero-order valence-electron chi connectivity index (χ0n) is 11.0. The van der Waals surface area contributed by atoms with Gasteiger partial charge in [0, 0.05) is 6.54 Å². The molecule has 0 radical (unpaired) electrons. The van der Waals surface area contributed by atoms with E-state index in [1.54, 1.807) is 13.0 Å². The van der Waals surface area contributed by atoms with Crippen molar-refractivity contribution in [2.75, 3.05) is 24.2 Å². The second-order valence-electron chi connectivity index (χ2n) is 3.99. The molecule has 112 valence electrons. The molecule has 0 amide bonds. The maximum absolute atomic E-state index is 11.1. The van der Waals surface area contributed by atoms with Crippen LogP contribution in [0.15, 0.2) is 18.2 Å². The van der Waals surface area contributed by atoms with Crippen LogP contribution >= 0.6 is 0 Å². The van der Waals surface area contributed by atoms with Gasteiger partial charge in [-0.15, -0.1) is 0 Å². The Balaban J connectivity index is 2.79. The fourth-order valence-corrected chi connectivity index (χ4v) is 2.17. The number of nitro groups is 1. The van der Waals surface area contributed by atoms with Gasteiger partial charge in [-0.3, -0.25) is 10.1 Å². The molecular weight excluding hydrogens is 286 g/mol. The van der Waals surface area contributed by atoms with Gasteiger partial charge in [-0.1, -0.05) is 6.07 Å². The average Bonchev–Trinajstić information content (AvgIpc) is 2.33. The van der Waals surface area contributed by atoms with E-state index in [1.165, 1.54) is 12.1 Å². The molecule has 0 fully saturated rings. The van der Waals surface area contributed by atoms with Crippen LogP contribution in [0.4, 0.5) is 11.4 Å². The molecule has 0 saturated heterocycles. The van der Waals surface area contributed by atoms with Crippen molar-refractivity contribution in [2.24, 2.45) is 5.14 Å². The Labute approximate surface area is 117 Å². The molecule has 0 unspecified atom stereocenters. The van der Waals surface area contributed by atoms with Gasteiger partial charge in [-0.25, -0.2) is 13.6 Å². The summed E-state index contributed by atoms with van der Waals surface area (Å²) < 4.78 is 26.8. The van der Waals surface area contributed by atoms with E-state index in [9.17, 15) is 18.5 Å². The van der Waals surface area contributed by atoms with Crippen LogP contribution in [0, 0.1) is 10.1 Å². The molecule has 1 aromatic rings. The highest BCUT2D eigenvalue weighted by molar-refractivity contribution is 7.89. The van der Waals surface area contributed by atoms with E-state index in [4.69, 9.17) is 9.88 Å². The predicted molar refractivity (Wildman–Crippen MR) is 75.3 cm³/mol. The fourth-order valence-electron chi connectivity index (χ4n) is 1.62. The number of hydrogen-bond donors (Lipinski definition) is 2. The Morgan fingerprint density at radius 2 is 2.15 bits per heavy atom. The summed E-state index contributed by atoms with van der Waals surface area (Å²) in [6.45, 7) is 2.30. The van der Waals surface area contributed by atoms with E-state index < -0.39 is 14.9 Å². The van der Waals surface area contributed by atoms with Gasteiger partial charge in [0.2, 0.25) is 10.0 Å². The van der Waals surface area contributed by atoms with Crippen LogP contribution in [0.5, 0.6) is 5.75 Å². The lowest BCUT2D eigenvalue weighted by atomic mass is 10.2. The van der Waals surface area contributed by atoms with Crippen LogP contribution < -0.4 is 15.2 Å². The quantitative estimate of drug-likeness (QED) is 0.420. The van der Waals surface area contributed by atoms with E-state index >= 15 is 0 Å². The lowest BCUT2D eigenvalue weighted by Gasteiger charge is -2.10. The number of nitrogens with two attached hydrogens (primary N) is 1. The number of benzene rings is 1. The second-order valence-corrected chi connectivity index (χ2v) is 5.72. The molecule has 0 aliphatic heterocycles. The third-order valence-corrected chi connectivity index (χ3v) is 3.26. The molecule has 0 aromatic heterocycles. The molecule has 0 spiro atoms. The first-order chi connectivity index (χ1) is 9.35. The number of nitrogens with one attached hydrogen (secondary N) is 1. The summed E-state index contributed by atoms with van der Waals surface area (Å²) in [5, 5.41) is 18.8. The van der Waals surface area contributed by atoms with Gasteiger partial charge < -0.3 is 10.1 Å². The lowest BCUT2D eigenvalue weighted by Crippen LogP contribution is -2.18. The minimum atomic E-state index is -3.52. The predicted octanol–water partition coefficient (Wildman–Crippen LogP) is 1.08. The summed E-state index contributed by atoms with van der Waals surface area (Å²) in [5.41, 5.74) is 0.125. The minimum absolute atomic E-state index is 0.162. The van der Waals surface area contributed by atoms with Crippen LogP contribution in [0.25, 0.3) is 0 Å². The van der Waals surface area contributed by atoms with E-state index in [0.29, 0.717) is 6.61 Å². The maximum Gasteiger partial charge on any atom is 0.333 e. The summed E-state index contributed by atoms with van der Waals surface area (Å²) in [5.74, 6) is -0.00665. The van der Waals surface area contributed by atoms with Gasteiger partial charge in [0.15, 0.2) is 5.75 Å². The van der Waals surface area contributed by atoms with Gasteiger partial charge in [0.05, 0.1) is 17.3 Å². The minimum Gasteiger partial charge on any atom is -0.487 e. The van der Waals surface area contributed by atoms with Crippen LogP contribution in [-0.4, -0.2) is 32.2 Å². The van der Waals surface area contributed by atoms with Gasteiger partial charge in [-0.05, 0) is 25.5 Å². The highest BCUT2D eigenvalue weighted by atomic mass is 32.2. The summed E-state index contributed by atoms with van der Waals surface area (Å²) in [4.78, 5) is 10.5. The molecule has 0 aliphatic carbocycles. The topological polar surface area (TPSA) is 125 Å². The van der Waals surface area contributed by atoms with Gasteiger partial charge >= 0.3 is 5.69 Å². The molecule has 3 N–H and O–H groups in total. The number of para-hydroxylation sites is 1. The van der Waals surface area contributed by atoms with Crippen molar-refractivity contribution in [1.82, 2.24) is 0 Å². The number of primary sulfonamides is 1. The highest BCUT2D eigenvalue weighted by Crippen LogP contribution is 2.34. The van der Waals surface area contributed by atoms with E-state index in [-0.39, 0.29) is 35.8 Å². The third kappa shape index (κ3) is 5.02. The summed E-state index contributed by atoms with van der Waals surface area (Å²) in [6, 6.07) is 4.68. The van der Waals surface area contributed by atoms with Crippen molar-refractivity contribution in [3.63, 3.8) is 0 Å². The van der Waals surface area contributed by atoms with Crippen LogP contribution in [0.2, 0.25) is 0 Å². The zero-order valence-corrected chi connectivity index (χ0v) is 11.9. The average molecular weight is 303 g/mol. The Morgan fingerprint density at radius 1 is 1.45 bits per heavy atom. The van der Waals surface area contributed by atoms with Crippen molar-refractivity contribution >= 4 is 21.4 Å². The van der Waals surface area contributed by atoms with Gasteiger partial charge in [-0.2, -0.15) is 0 Å². The molecule has 0 aliphatic rings. The largest absolute Gasteiger partial charge is 0.487 e. The van der Waals surface area contributed by atoms with E-state index in [2.05, 4.69) is 5.32 Å². The van der Waals surface area contributed by atoms with Crippen LogP contribution in [0.3, 0.4) is 0 Å². The number of ether oxygens (including phenoxy) is 1. The number of nitro benzene ring substituents is 1. The third-order valence-electron chi connectivity index (χ3n) is 2.40. The normalized spacial score (nSPS) is 11.1. The number of sulfonamides is 1. The molecule has 0 saturated carbocycles. The van der Waals surface area contributed by atoms with E-state index in [1.807, 2.05) is 0 Å². The van der Waals surface area contributed by atoms with Crippen molar-refractivity contribution in [3.05, 3.63) is 28.3 Å². The molecule has 1 aromatic carbocycles. The first-order valence-corrected chi connectivity index (χ1v) is 7.71. The number of nitrogens with zero attached hydrogens (tertiary/aromatic N) is 1. The molecule has 1 rings (SSSR count). The SMILES string of the molecule is CCOc1cccc(NCCCS(N)(=O)=O)c1[N+](=O)[O-]. The Kier molecular flexibility index (Phi) is 5.71. The molecule has 8 nitrogen and oxygen atoms in total. The van der Waals surface area contributed by atoms with E-state index in [0.717, 1.165) is 0 Å². The fraction of sp³-hybridized carbons (Fsp3) is 0.455. The maximum atomic E-state index is 11.1. The molecule has 20 heavy (non-hydrogen) atoms. The summed E-state index contributed by atoms with van der Waals surface area (Å²) in [7, 11) is -3.52. The monoisotopic (exact) mass is 303 g/mol. The highest BCUT2D eigenvalue weighted by Gasteiger charge is 2.20. The molecular formula is C11H17N3O5S. The van der Waals surface area contributed by atoms with Crippen LogP contribution in [-0.2, 0) is 10.0 Å². The van der Waals surface area contributed by atoms with Gasteiger partial charge in [0.25, 0.3) is 0 Å². The Bertz CT molecular complexity index is 573. The number of rotatable bonds is 8.